The van der Waals surface area contributed by atoms with Gasteiger partial charge in [0.05, 0.1) is 25.2 Å². The van der Waals surface area contributed by atoms with Gasteiger partial charge in [0.2, 0.25) is 0 Å². The van der Waals surface area contributed by atoms with E-state index < -0.39 is 11.5 Å². The van der Waals surface area contributed by atoms with Gasteiger partial charge in [0, 0.05) is 19.6 Å². The lowest BCUT2D eigenvalue weighted by Gasteiger charge is -2.41. The number of hydrogen-bond donors (Lipinski definition) is 3. The van der Waals surface area contributed by atoms with Crippen molar-refractivity contribution in [1.82, 2.24) is 15.5 Å². The Balaban J connectivity index is 1.59. The van der Waals surface area contributed by atoms with Gasteiger partial charge in [0.1, 0.15) is 0 Å². The summed E-state index contributed by atoms with van der Waals surface area (Å²) in [6.45, 7) is 5.02. The molecule has 120 valence electrons. The molecule has 0 unspecified atom stereocenters. The van der Waals surface area contributed by atoms with Crippen molar-refractivity contribution in [2.24, 2.45) is 0 Å². The molecule has 1 saturated carbocycles. The van der Waals surface area contributed by atoms with E-state index >= 15 is 0 Å². The fourth-order valence-electron chi connectivity index (χ4n) is 2.85. The van der Waals surface area contributed by atoms with Gasteiger partial charge in [-0.2, -0.15) is 0 Å². The van der Waals surface area contributed by atoms with Gasteiger partial charge < -0.3 is 20.5 Å². The molecule has 2 rings (SSSR count). The summed E-state index contributed by atoms with van der Waals surface area (Å²) in [6.07, 6.45) is 3.37. The number of carboxylic acid groups (broad SMARTS) is 1. The summed E-state index contributed by atoms with van der Waals surface area (Å²) in [7, 11) is 0. The Hall–Kier alpha value is -1.34. The van der Waals surface area contributed by atoms with E-state index in [1.54, 1.807) is 0 Å². The first-order chi connectivity index (χ1) is 10.1. The van der Waals surface area contributed by atoms with Crippen LogP contribution < -0.4 is 10.6 Å². The van der Waals surface area contributed by atoms with Crippen molar-refractivity contribution >= 4 is 12.0 Å². The van der Waals surface area contributed by atoms with Crippen molar-refractivity contribution in [3.63, 3.8) is 0 Å². The van der Waals surface area contributed by atoms with Crippen molar-refractivity contribution in [2.75, 3.05) is 39.4 Å². The number of amides is 2. The number of rotatable bonds is 7. The van der Waals surface area contributed by atoms with E-state index in [4.69, 9.17) is 9.84 Å². The molecular weight excluding hydrogens is 274 g/mol. The second-order valence-electron chi connectivity index (χ2n) is 5.89. The molecular formula is C14H25N3O4. The zero-order valence-corrected chi connectivity index (χ0v) is 12.4. The number of carbonyl (C=O) groups is 2. The highest BCUT2D eigenvalue weighted by Crippen LogP contribution is 2.34. The zero-order chi connectivity index (χ0) is 15.1. The maximum Gasteiger partial charge on any atom is 0.315 e. The number of carbonyl (C=O) groups excluding carboxylic acids is 1. The number of morpholine rings is 1. The maximum atomic E-state index is 11.8. The average molecular weight is 299 g/mol. The van der Waals surface area contributed by atoms with E-state index in [-0.39, 0.29) is 12.5 Å². The molecule has 3 N–H and O–H groups in total. The van der Waals surface area contributed by atoms with Crippen LogP contribution in [0.15, 0.2) is 0 Å². The van der Waals surface area contributed by atoms with Crippen LogP contribution in [0, 0.1) is 0 Å². The van der Waals surface area contributed by atoms with Crippen LogP contribution in [0.1, 0.15) is 32.1 Å². The Morgan fingerprint density at radius 3 is 2.52 bits per heavy atom. The van der Waals surface area contributed by atoms with E-state index in [0.717, 1.165) is 58.5 Å². The van der Waals surface area contributed by atoms with Crippen LogP contribution in [0.5, 0.6) is 0 Å². The smallest absolute Gasteiger partial charge is 0.315 e. The maximum absolute atomic E-state index is 11.8. The van der Waals surface area contributed by atoms with E-state index in [1.807, 2.05) is 0 Å². The third-order valence-electron chi connectivity index (χ3n) is 4.22. The minimum Gasteiger partial charge on any atom is -0.481 e. The molecule has 2 aliphatic rings. The number of hydrogen-bond acceptors (Lipinski definition) is 4. The van der Waals surface area contributed by atoms with Gasteiger partial charge in [-0.05, 0) is 32.2 Å². The number of nitrogens with zero attached hydrogens (tertiary/aromatic N) is 1. The minimum absolute atomic E-state index is 0.00813. The van der Waals surface area contributed by atoms with Gasteiger partial charge >= 0.3 is 12.0 Å². The highest BCUT2D eigenvalue weighted by Gasteiger charge is 2.40. The topological polar surface area (TPSA) is 90.9 Å². The number of carboxylic acids is 1. The molecule has 0 aromatic heterocycles. The monoisotopic (exact) mass is 299 g/mol. The first-order valence-electron chi connectivity index (χ1n) is 7.68. The summed E-state index contributed by atoms with van der Waals surface area (Å²) in [5, 5.41) is 14.6. The molecule has 21 heavy (non-hydrogen) atoms. The van der Waals surface area contributed by atoms with Crippen LogP contribution in [0.3, 0.4) is 0 Å². The van der Waals surface area contributed by atoms with Gasteiger partial charge in [-0.3, -0.25) is 9.69 Å². The molecule has 0 aromatic rings. The Bertz CT molecular complexity index is 365. The van der Waals surface area contributed by atoms with E-state index in [1.165, 1.54) is 0 Å². The molecule has 2 fully saturated rings. The van der Waals surface area contributed by atoms with Crippen LogP contribution in [-0.4, -0.2) is 66.9 Å². The van der Waals surface area contributed by atoms with Crippen LogP contribution >= 0.6 is 0 Å². The lowest BCUT2D eigenvalue weighted by Crippen LogP contribution is -2.57. The quantitative estimate of drug-likeness (QED) is 0.592. The third kappa shape index (κ3) is 5.17. The minimum atomic E-state index is -0.859. The molecule has 1 aliphatic carbocycles. The Morgan fingerprint density at radius 2 is 1.95 bits per heavy atom. The van der Waals surface area contributed by atoms with Gasteiger partial charge in [-0.1, -0.05) is 0 Å². The first-order valence-corrected chi connectivity index (χ1v) is 7.68. The summed E-state index contributed by atoms with van der Waals surface area (Å²) in [6, 6.07) is -0.252. The normalized spacial score (nSPS) is 21.3. The molecule has 2 amide bonds. The van der Waals surface area contributed by atoms with Crippen molar-refractivity contribution in [3.8, 4) is 0 Å². The van der Waals surface area contributed by atoms with Crippen LogP contribution in [0.4, 0.5) is 4.79 Å². The Morgan fingerprint density at radius 1 is 1.24 bits per heavy atom. The van der Waals surface area contributed by atoms with Crippen molar-refractivity contribution < 1.29 is 19.4 Å². The lowest BCUT2D eigenvalue weighted by atomic mass is 9.74. The van der Waals surface area contributed by atoms with Gasteiger partial charge in [-0.25, -0.2) is 4.79 Å². The molecule has 0 spiro atoms. The molecule has 7 nitrogen and oxygen atoms in total. The second-order valence-corrected chi connectivity index (χ2v) is 5.89. The van der Waals surface area contributed by atoms with Crippen LogP contribution in [0.2, 0.25) is 0 Å². The van der Waals surface area contributed by atoms with Crippen LogP contribution in [-0.2, 0) is 9.53 Å². The predicted octanol–water partition coefficient (Wildman–Crippen LogP) is 0.405. The number of nitrogens with one attached hydrogen (secondary N) is 2. The standard InChI is InChI=1S/C14H25N3O4/c18-12(19)11-14(3-1-4-14)16-13(20)15-5-2-6-17-7-9-21-10-8-17/h1-11H2,(H,18,19)(H2,15,16,20). The fraction of sp³-hybridized carbons (Fsp3) is 0.857. The first kappa shape index (κ1) is 16.0. The third-order valence-corrected chi connectivity index (χ3v) is 4.22. The predicted molar refractivity (Wildman–Crippen MR) is 77.2 cm³/mol. The molecule has 1 heterocycles. The van der Waals surface area contributed by atoms with Gasteiger partial charge in [0.25, 0.3) is 0 Å². The largest absolute Gasteiger partial charge is 0.481 e. The summed E-state index contributed by atoms with van der Waals surface area (Å²) >= 11 is 0. The molecule has 1 aliphatic heterocycles. The highest BCUT2D eigenvalue weighted by molar-refractivity contribution is 5.77. The summed E-state index contributed by atoms with van der Waals surface area (Å²) in [5.74, 6) is -0.859. The molecule has 0 radical (unpaired) electrons. The van der Waals surface area contributed by atoms with Crippen molar-refractivity contribution in [2.45, 2.75) is 37.6 Å². The van der Waals surface area contributed by atoms with Crippen LogP contribution in [0.25, 0.3) is 0 Å². The van der Waals surface area contributed by atoms with E-state index in [2.05, 4.69) is 15.5 Å². The van der Waals surface area contributed by atoms with Gasteiger partial charge in [-0.15, -0.1) is 0 Å². The number of ether oxygens (including phenoxy) is 1. The van der Waals surface area contributed by atoms with E-state index in [9.17, 15) is 9.59 Å². The molecule has 0 bridgehead atoms. The van der Waals surface area contributed by atoms with E-state index in [0.29, 0.717) is 6.54 Å². The van der Waals surface area contributed by atoms with Crippen molar-refractivity contribution in [1.29, 1.82) is 0 Å². The molecule has 0 aromatic carbocycles. The molecule has 7 heteroatoms. The highest BCUT2D eigenvalue weighted by atomic mass is 16.5. The number of urea groups is 1. The zero-order valence-electron chi connectivity index (χ0n) is 12.4. The fourth-order valence-corrected chi connectivity index (χ4v) is 2.85. The van der Waals surface area contributed by atoms with Gasteiger partial charge in [0.15, 0.2) is 0 Å². The Kier molecular flexibility index (Phi) is 5.81. The summed E-state index contributed by atoms with van der Waals surface area (Å²) < 4.78 is 5.28. The Labute approximate surface area is 125 Å². The summed E-state index contributed by atoms with van der Waals surface area (Å²) in [5.41, 5.74) is -0.528. The average Bonchev–Trinajstić information content (AvgIpc) is 2.42. The molecule has 1 saturated heterocycles. The lowest BCUT2D eigenvalue weighted by molar-refractivity contribution is -0.139. The SMILES string of the molecule is O=C(O)CC1(NC(=O)NCCCN2CCOCC2)CCC1. The molecule has 0 atom stereocenters. The number of aliphatic carboxylic acids is 1. The van der Waals surface area contributed by atoms with Crippen molar-refractivity contribution in [3.05, 3.63) is 0 Å². The second kappa shape index (κ2) is 7.61. The summed E-state index contributed by atoms with van der Waals surface area (Å²) in [4.78, 5) is 25.0.